The fourth-order valence-corrected chi connectivity index (χ4v) is 3.97. The molecule has 0 amide bonds. The van der Waals surface area contributed by atoms with Crippen LogP contribution in [0.3, 0.4) is 0 Å². The van der Waals surface area contributed by atoms with Crippen molar-refractivity contribution in [2.24, 2.45) is 5.92 Å². The van der Waals surface area contributed by atoms with Crippen LogP contribution in [-0.2, 0) is 16.6 Å². The number of hydrogen-bond acceptors (Lipinski definition) is 4. The zero-order valence-corrected chi connectivity index (χ0v) is 12.6. The van der Waals surface area contributed by atoms with Gasteiger partial charge in [0.1, 0.15) is 4.90 Å². The van der Waals surface area contributed by atoms with Gasteiger partial charge in [0, 0.05) is 25.4 Å². The van der Waals surface area contributed by atoms with E-state index in [1.165, 1.54) is 25.2 Å². The third-order valence-corrected chi connectivity index (χ3v) is 5.43. The van der Waals surface area contributed by atoms with Crippen LogP contribution in [0.15, 0.2) is 17.3 Å². The molecule has 1 aromatic heterocycles. The SMILES string of the molecule is CC(NS(=O)(=O)c1cnn(CCCO)c1)C1CCCC1. The Morgan fingerprint density at radius 2 is 2.20 bits per heavy atom. The zero-order valence-electron chi connectivity index (χ0n) is 11.8. The van der Waals surface area contributed by atoms with Crippen LogP contribution >= 0.6 is 0 Å². The molecule has 0 radical (unpaired) electrons. The number of aryl methyl sites for hydroxylation is 1. The van der Waals surface area contributed by atoms with Crippen LogP contribution in [0.5, 0.6) is 0 Å². The van der Waals surface area contributed by atoms with E-state index in [2.05, 4.69) is 9.82 Å². The third-order valence-electron chi connectivity index (χ3n) is 3.91. The lowest BCUT2D eigenvalue weighted by Gasteiger charge is -2.19. The van der Waals surface area contributed by atoms with Gasteiger partial charge in [-0.3, -0.25) is 4.68 Å². The van der Waals surface area contributed by atoms with Crippen molar-refractivity contribution in [2.75, 3.05) is 6.61 Å². The highest BCUT2D eigenvalue weighted by Crippen LogP contribution is 2.28. The quantitative estimate of drug-likeness (QED) is 0.790. The number of aliphatic hydroxyl groups excluding tert-OH is 1. The molecule has 0 aromatic carbocycles. The lowest BCUT2D eigenvalue weighted by molar-refractivity contribution is 0.277. The molecule has 2 N–H and O–H groups in total. The van der Waals surface area contributed by atoms with E-state index in [0.717, 1.165) is 12.8 Å². The molecule has 1 atom stereocenters. The van der Waals surface area contributed by atoms with E-state index in [9.17, 15) is 8.42 Å². The van der Waals surface area contributed by atoms with Crippen molar-refractivity contribution in [1.29, 1.82) is 0 Å². The number of nitrogens with one attached hydrogen (secondary N) is 1. The number of nitrogens with zero attached hydrogens (tertiary/aromatic N) is 2. The van der Waals surface area contributed by atoms with Crippen molar-refractivity contribution in [2.45, 2.75) is 56.5 Å². The summed E-state index contributed by atoms with van der Waals surface area (Å²) in [5.41, 5.74) is 0. The van der Waals surface area contributed by atoms with Gasteiger partial charge in [-0.15, -0.1) is 0 Å². The first kappa shape index (κ1) is 15.5. The molecule has 1 aromatic rings. The molecule has 1 heterocycles. The second kappa shape index (κ2) is 6.69. The van der Waals surface area contributed by atoms with Gasteiger partial charge in [-0.1, -0.05) is 12.8 Å². The first-order chi connectivity index (χ1) is 9.53. The average molecular weight is 301 g/mol. The fourth-order valence-electron chi connectivity index (χ4n) is 2.70. The summed E-state index contributed by atoms with van der Waals surface area (Å²) in [7, 11) is -3.50. The van der Waals surface area contributed by atoms with E-state index >= 15 is 0 Å². The van der Waals surface area contributed by atoms with Crippen LogP contribution in [-0.4, -0.2) is 36.0 Å². The van der Waals surface area contributed by atoms with Gasteiger partial charge in [0.2, 0.25) is 10.0 Å². The van der Waals surface area contributed by atoms with E-state index in [1.807, 2.05) is 6.92 Å². The molecule has 1 unspecified atom stereocenters. The predicted molar refractivity (Wildman–Crippen MR) is 75.7 cm³/mol. The molecule has 1 aliphatic rings. The lowest BCUT2D eigenvalue weighted by Crippen LogP contribution is -2.37. The van der Waals surface area contributed by atoms with Gasteiger partial charge in [0.25, 0.3) is 0 Å². The first-order valence-electron chi connectivity index (χ1n) is 7.18. The van der Waals surface area contributed by atoms with Crippen LogP contribution in [0.2, 0.25) is 0 Å². The molecule has 1 fully saturated rings. The second-order valence-corrected chi connectivity index (χ2v) is 7.18. The van der Waals surface area contributed by atoms with Gasteiger partial charge in [-0.25, -0.2) is 13.1 Å². The van der Waals surface area contributed by atoms with Crippen molar-refractivity contribution >= 4 is 10.0 Å². The molecule has 0 saturated heterocycles. The van der Waals surface area contributed by atoms with Crippen LogP contribution in [0.25, 0.3) is 0 Å². The van der Waals surface area contributed by atoms with Gasteiger partial charge in [0.15, 0.2) is 0 Å². The highest BCUT2D eigenvalue weighted by Gasteiger charge is 2.26. The summed E-state index contributed by atoms with van der Waals surface area (Å²) in [6.07, 6.45) is 8.01. The van der Waals surface area contributed by atoms with Crippen molar-refractivity contribution in [1.82, 2.24) is 14.5 Å². The molecule has 1 aliphatic carbocycles. The molecule has 7 heteroatoms. The Kier molecular flexibility index (Phi) is 5.17. The highest BCUT2D eigenvalue weighted by molar-refractivity contribution is 7.89. The number of aromatic nitrogens is 2. The molecule has 1 saturated carbocycles. The minimum Gasteiger partial charge on any atom is -0.396 e. The Hall–Kier alpha value is -0.920. The smallest absolute Gasteiger partial charge is 0.243 e. The molecule has 6 nitrogen and oxygen atoms in total. The Morgan fingerprint density at radius 3 is 2.85 bits per heavy atom. The van der Waals surface area contributed by atoms with Gasteiger partial charge < -0.3 is 5.11 Å². The Morgan fingerprint density at radius 1 is 1.50 bits per heavy atom. The standard InChI is InChI=1S/C13H23N3O3S/c1-11(12-5-2-3-6-12)15-20(18,19)13-9-14-16(10-13)7-4-8-17/h9-12,15,17H,2-8H2,1H3. The van der Waals surface area contributed by atoms with Crippen molar-refractivity contribution in [3.05, 3.63) is 12.4 Å². The van der Waals surface area contributed by atoms with Crippen LogP contribution in [0.4, 0.5) is 0 Å². The van der Waals surface area contributed by atoms with Crippen molar-refractivity contribution in [3.8, 4) is 0 Å². The van der Waals surface area contributed by atoms with Crippen molar-refractivity contribution < 1.29 is 13.5 Å². The molecule has 114 valence electrons. The summed E-state index contributed by atoms with van der Waals surface area (Å²) < 4.78 is 28.8. The maximum Gasteiger partial charge on any atom is 0.243 e. The summed E-state index contributed by atoms with van der Waals surface area (Å²) in [6.45, 7) is 2.52. The fraction of sp³-hybridized carbons (Fsp3) is 0.769. The maximum atomic E-state index is 12.3. The first-order valence-corrected chi connectivity index (χ1v) is 8.67. The molecule has 2 rings (SSSR count). The van der Waals surface area contributed by atoms with E-state index in [1.54, 1.807) is 4.68 Å². The molecule has 0 aliphatic heterocycles. The summed E-state index contributed by atoms with van der Waals surface area (Å²) in [4.78, 5) is 0.195. The predicted octanol–water partition coefficient (Wildman–Crippen LogP) is 1.12. The number of rotatable bonds is 7. The summed E-state index contributed by atoms with van der Waals surface area (Å²) in [6, 6.07) is -0.0386. The normalized spacial score (nSPS) is 18.5. The zero-order chi connectivity index (χ0) is 14.6. The monoisotopic (exact) mass is 301 g/mol. The minimum absolute atomic E-state index is 0.0386. The maximum absolute atomic E-state index is 12.3. The topological polar surface area (TPSA) is 84.2 Å². The number of sulfonamides is 1. The Labute approximate surface area is 120 Å². The minimum atomic E-state index is -3.50. The van der Waals surface area contributed by atoms with E-state index in [0.29, 0.717) is 18.9 Å². The average Bonchev–Trinajstić information content (AvgIpc) is 3.07. The largest absolute Gasteiger partial charge is 0.396 e. The second-order valence-electron chi connectivity index (χ2n) is 5.47. The van der Waals surface area contributed by atoms with Crippen LogP contribution < -0.4 is 4.72 Å². The summed E-state index contributed by atoms with van der Waals surface area (Å²) in [5.74, 6) is 0.439. The van der Waals surface area contributed by atoms with Crippen molar-refractivity contribution in [3.63, 3.8) is 0 Å². The highest BCUT2D eigenvalue weighted by atomic mass is 32.2. The van der Waals surface area contributed by atoms with Gasteiger partial charge in [-0.2, -0.15) is 5.10 Å². The lowest BCUT2D eigenvalue weighted by atomic mass is 10.0. The van der Waals surface area contributed by atoms with Gasteiger partial charge >= 0.3 is 0 Å². The van der Waals surface area contributed by atoms with Gasteiger partial charge in [0.05, 0.1) is 6.20 Å². The molecule has 0 spiro atoms. The van der Waals surface area contributed by atoms with Gasteiger partial charge in [-0.05, 0) is 32.1 Å². The Balaban J connectivity index is 2.00. The van der Waals surface area contributed by atoms with Crippen LogP contribution in [0.1, 0.15) is 39.0 Å². The van der Waals surface area contributed by atoms with E-state index < -0.39 is 10.0 Å². The summed E-state index contributed by atoms with van der Waals surface area (Å²) in [5, 5.41) is 12.8. The molecule has 0 bridgehead atoms. The third kappa shape index (κ3) is 3.80. The number of aliphatic hydroxyl groups is 1. The Bertz CT molecular complexity index is 521. The number of hydrogen-bond donors (Lipinski definition) is 2. The summed E-state index contributed by atoms with van der Waals surface area (Å²) >= 11 is 0. The molecular weight excluding hydrogens is 278 g/mol. The van der Waals surface area contributed by atoms with E-state index in [-0.39, 0.29) is 17.5 Å². The molecule has 20 heavy (non-hydrogen) atoms. The van der Waals surface area contributed by atoms with Crippen LogP contribution in [0, 0.1) is 5.92 Å². The van der Waals surface area contributed by atoms with E-state index in [4.69, 9.17) is 5.11 Å². The molecular formula is C13H23N3O3S.